The third-order valence-electron chi connectivity index (χ3n) is 3.06. The molecule has 104 valence electrons. The molecule has 1 amide bonds. The van der Waals surface area contributed by atoms with Gasteiger partial charge in [0.15, 0.2) is 0 Å². The first-order valence-electron chi connectivity index (χ1n) is 6.32. The lowest BCUT2D eigenvalue weighted by atomic mass is 10.1. The van der Waals surface area contributed by atoms with E-state index in [-0.39, 0.29) is 11.9 Å². The summed E-state index contributed by atoms with van der Waals surface area (Å²) in [5.74, 6) is 0.307. The van der Waals surface area contributed by atoms with Crippen molar-refractivity contribution in [3.05, 3.63) is 69.7 Å². The van der Waals surface area contributed by atoms with Gasteiger partial charge in [-0.05, 0) is 36.2 Å². The second-order valence-corrected chi connectivity index (χ2v) is 5.67. The first-order valence-corrected chi connectivity index (χ1v) is 7.64. The van der Waals surface area contributed by atoms with E-state index in [1.54, 1.807) is 6.07 Å². The van der Waals surface area contributed by atoms with Crippen LogP contribution in [-0.2, 0) is 5.88 Å². The van der Waals surface area contributed by atoms with Gasteiger partial charge in [0.1, 0.15) is 0 Å². The summed E-state index contributed by atoms with van der Waals surface area (Å²) >= 11 is 9.29. The Labute approximate surface area is 132 Å². The maximum Gasteiger partial charge on any atom is 0.251 e. The van der Waals surface area contributed by atoms with Crippen LogP contribution in [0.2, 0.25) is 0 Å². The van der Waals surface area contributed by atoms with Gasteiger partial charge in [-0.2, -0.15) is 0 Å². The van der Waals surface area contributed by atoms with Crippen LogP contribution in [0.5, 0.6) is 0 Å². The van der Waals surface area contributed by atoms with Crippen LogP contribution in [0.15, 0.2) is 53.0 Å². The maximum atomic E-state index is 12.2. The molecule has 0 aliphatic heterocycles. The molecule has 0 spiro atoms. The molecular weight excluding hydrogens is 338 g/mol. The van der Waals surface area contributed by atoms with Crippen molar-refractivity contribution in [1.29, 1.82) is 0 Å². The Morgan fingerprint density at radius 1 is 1.25 bits per heavy atom. The van der Waals surface area contributed by atoms with Gasteiger partial charge in [-0.15, -0.1) is 11.6 Å². The molecule has 0 aromatic heterocycles. The summed E-state index contributed by atoms with van der Waals surface area (Å²) in [6, 6.07) is 15.1. The van der Waals surface area contributed by atoms with E-state index in [2.05, 4.69) is 21.2 Å². The van der Waals surface area contributed by atoms with Gasteiger partial charge < -0.3 is 5.32 Å². The molecule has 1 atom stereocenters. The number of hydrogen-bond donors (Lipinski definition) is 1. The van der Waals surface area contributed by atoms with Crippen LogP contribution in [0.3, 0.4) is 0 Å². The zero-order valence-corrected chi connectivity index (χ0v) is 13.4. The second kappa shape index (κ2) is 6.91. The van der Waals surface area contributed by atoms with Gasteiger partial charge in [-0.3, -0.25) is 4.79 Å². The lowest BCUT2D eigenvalue weighted by molar-refractivity contribution is 0.0939. The number of nitrogens with one attached hydrogen (secondary N) is 1. The molecule has 0 unspecified atom stereocenters. The van der Waals surface area contributed by atoms with Crippen molar-refractivity contribution in [2.24, 2.45) is 0 Å². The van der Waals surface area contributed by atoms with E-state index in [4.69, 9.17) is 11.6 Å². The molecule has 0 aliphatic carbocycles. The van der Waals surface area contributed by atoms with Crippen molar-refractivity contribution in [3.8, 4) is 0 Å². The van der Waals surface area contributed by atoms with Gasteiger partial charge in [-0.1, -0.05) is 46.3 Å². The molecule has 2 aromatic carbocycles. The largest absolute Gasteiger partial charge is 0.345 e. The molecule has 20 heavy (non-hydrogen) atoms. The molecule has 0 saturated heterocycles. The smallest absolute Gasteiger partial charge is 0.251 e. The zero-order valence-electron chi connectivity index (χ0n) is 11.1. The molecule has 2 nitrogen and oxygen atoms in total. The quantitative estimate of drug-likeness (QED) is 0.795. The SMILES string of the molecule is C[C@H](NC(=O)c1cccc(CCl)c1)c1ccccc1Br. The van der Waals surface area contributed by atoms with Crippen molar-refractivity contribution in [1.82, 2.24) is 5.32 Å². The lowest BCUT2D eigenvalue weighted by Gasteiger charge is -2.16. The number of halogens is 2. The van der Waals surface area contributed by atoms with Crippen LogP contribution in [0.1, 0.15) is 34.5 Å². The zero-order chi connectivity index (χ0) is 14.5. The Morgan fingerprint density at radius 3 is 2.70 bits per heavy atom. The van der Waals surface area contributed by atoms with E-state index in [1.165, 1.54) is 0 Å². The van der Waals surface area contributed by atoms with Gasteiger partial charge in [0, 0.05) is 15.9 Å². The number of benzene rings is 2. The van der Waals surface area contributed by atoms with Gasteiger partial charge in [0.2, 0.25) is 0 Å². The highest BCUT2D eigenvalue weighted by atomic mass is 79.9. The van der Waals surface area contributed by atoms with Crippen LogP contribution in [0.4, 0.5) is 0 Å². The average Bonchev–Trinajstić information content (AvgIpc) is 2.47. The summed E-state index contributed by atoms with van der Waals surface area (Å²) < 4.78 is 0.988. The molecule has 2 aromatic rings. The summed E-state index contributed by atoms with van der Waals surface area (Å²) in [6.07, 6.45) is 0. The molecule has 0 fully saturated rings. The fourth-order valence-electron chi connectivity index (χ4n) is 1.98. The maximum absolute atomic E-state index is 12.2. The summed E-state index contributed by atoms with van der Waals surface area (Å²) in [6.45, 7) is 1.96. The van der Waals surface area contributed by atoms with Crippen LogP contribution in [0, 0.1) is 0 Å². The summed E-state index contributed by atoms with van der Waals surface area (Å²) in [5, 5.41) is 2.99. The molecule has 2 rings (SSSR count). The van der Waals surface area contributed by atoms with Crippen molar-refractivity contribution in [2.75, 3.05) is 0 Å². The van der Waals surface area contributed by atoms with Gasteiger partial charge in [-0.25, -0.2) is 0 Å². The number of carbonyl (C=O) groups is 1. The fraction of sp³-hybridized carbons (Fsp3) is 0.188. The van der Waals surface area contributed by atoms with E-state index in [9.17, 15) is 4.79 Å². The first kappa shape index (κ1) is 15.1. The predicted molar refractivity (Wildman–Crippen MR) is 86.0 cm³/mol. The predicted octanol–water partition coefficient (Wildman–Crippen LogP) is 4.68. The Kier molecular flexibility index (Phi) is 5.21. The summed E-state index contributed by atoms with van der Waals surface area (Å²) in [4.78, 5) is 12.2. The van der Waals surface area contributed by atoms with Crippen LogP contribution < -0.4 is 5.32 Å². The molecule has 0 aliphatic rings. The van der Waals surface area contributed by atoms with E-state index >= 15 is 0 Å². The Bertz CT molecular complexity index is 615. The highest BCUT2D eigenvalue weighted by Crippen LogP contribution is 2.23. The monoisotopic (exact) mass is 351 g/mol. The highest BCUT2D eigenvalue weighted by molar-refractivity contribution is 9.10. The summed E-state index contributed by atoms with van der Waals surface area (Å²) in [5.41, 5.74) is 2.62. The lowest BCUT2D eigenvalue weighted by Crippen LogP contribution is -2.26. The van der Waals surface area contributed by atoms with Crippen LogP contribution >= 0.6 is 27.5 Å². The highest BCUT2D eigenvalue weighted by Gasteiger charge is 2.13. The summed E-state index contributed by atoms with van der Waals surface area (Å²) in [7, 11) is 0. The number of alkyl halides is 1. The number of amides is 1. The van der Waals surface area contributed by atoms with Crippen molar-refractivity contribution in [2.45, 2.75) is 18.8 Å². The Morgan fingerprint density at radius 2 is 2.00 bits per heavy atom. The first-order chi connectivity index (χ1) is 9.61. The topological polar surface area (TPSA) is 29.1 Å². The van der Waals surface area contributed by atoms with Crippen molar-refractivity contribution >= 4 is 33.4 Å². The third-order valence-corrected chi connectivity index (χ3v) is 4.09. The molecule has 1 N–H and O–H groups in total. The van der Waals surface area contributed by atoms with E-state index in [0.29, 0.717) is 11.4 Å². The normalized spacial score (nSPS) is 11.9. The molecule has 0 radical (unpaired) electrons. The standard InChI is InChI=1S/C16H15BrClNO/c1-11(14-7-2-3-8-15(14)17)19-16(20)13-6-4-5-12(9-13)10-18/h2-9,11H,10H2,1H3,(H,19,20)/t11-/m0/s1. The van der Waals surface area contributed by atoms with Crippen LogP contribution in [0.25, 0.3) is 0 Å². The van der Waals surface area contributed by atoms with E-state index in [0.717, 1.165) is 15.6 Å². The van der Waals surface area contributed by atoms with Gasteiger partial charge in [0.05, 0.1) is 6.04 Å². The number of rotatable bonds is 4. The van der Waals surface area contributed by atoms with E-state index in [1.807, 2.05) is 49.4 Å². The second-order valence-electron chi connectivity index (χ2n) is 4.55. The molecule has 0 heterocycles. The molecule has 0 saturated carbocycles. The van der Waals surface area contributed by atoms with Crippen LogP contribution in [-0.4, -0.2) is 5.91 Å². The molecule has 4 heteroatoms. The van der Waals surface area contributed by atoms with Crippen molar-refractivity contribution < 1.29 is 4.79 Å². The Hall–Kier alpha value is -1.32. The fourth-order valence-corrected chi connectivity index (χ4v) is 2.77. The number of carbonyl (C=O) groups excluding carboxylic acids is 1. The van der Waals surface area contributed by atoms with Crippen molar-refractivity contribution in [3.63, 3.8) is 0 Å². The number of hydrogen-bond acceptors (Lipinski definition) is 1. The minimum absolute atomic E-state index is 0.0715. The third kappa shape index (κ3) is 3.62. The average molecular weight is 353 g/mol. The van der Waals surface area contributed by atoms with Gasteiger partial charge >= 0.3 is 0 Å². The van der Waals surface area contributed by atoms with E-state index < -0.39 is 0 Å². The molecule has 0 bridgehead atoms. The minimum atomic E-state index is -0.0970. The van der Waals surface area contributed by atoms with Gasteiger partial charge in [0.25, 0.3) is 5.91 Å². The Balaban J connectivity index is 2.13. The molecular formula is C16H15BrClNO. The minimum Gasteiger partial charge on any atom is -0.345 e.